The third-order valence-corrected chi connectivity index (χ3v) is 6.67. The number of amides is 2. The molecule has 7 rings (SSSR count). The van der Waals surface area contributed by atoms with E-state index < -0.39 is 0 Å². The second kappa shape index (κ2) is 4.15. The summed E-state index contributed by atoms with van der Waals surface area (Å²) in [6.07, 6.45) is 5.64. The Labute approximate surface area is 139 Å². The van der Waals surface area contributed by atoms with E-state index in [4.69, 9.17) is 0 Å². The van der Waals surface area contributed by atoms with Crippen molar-refractivity contribution in [3.8, 4) is 0 Å². The molecule has 0 unspecified atom stereocenters. The molecule has 0 N–H and O–H groups in total. The van der Waals surface area contributed by atoms with Gasteiger partial charge in [-0.3, -0.25) is 9.59 Å². The van der Waals surface area contributed by atoms with Gasteiger partial charge in [-0.2, -0.15) is 0 Å². The van der Waals surface area contributed by atoms with Gasteiger partial charge in [-0.15, -0.1) is 0 Å². The molecule has 1 heterocycles. The molecule has 2 bridgehead atoms. The smallest absolute Gasteiger partial charge is 0.238 e. The van der Waals surface area contributed by atoms with E-state index in [9.17, 15) is 9.59 Å². The predicted octanol–water partition coefficient (Wildman–Crippen LogP) is 3.40. The third kappa shape index (κ3) is 1.40. The maximum absolute atomic E-state index is 13.2. The Morgan fingerprint density at radius 3 is 2.12 bits per heavy atom. The van der Waals surface area contributed by atoms with Crippen molar-refractivity contribution in [2.75, 3.05) is 4.90 Å². The Morgan fingerprint density at radius 2 is 1.42 bits per heavy atom. The summed E-state index contributed by atoms with van der Waals surface area (Å²) in [5.41, 5.74) is 0.755. The lowest BCUT2D eigenvalue weighted by atomic mass is 9.63. The summed E-state index contributed by atoms with van der Waals surface area (Å²) < 4.78 is 0. The van der Waals surface area contributed by atoms with E-state index in [0.717, 1.165) is 16.5 Å². The number of nitrogens with zero attached hydrogens (tertiary/aromatic N) is 1. The van der Waals surface area contributed by atoms with Crippen LogP contribution in [0.5, 0.6) is 0 Å². The Morgan fingerprint density at radius 1 is 0.792 bits per heavy atom. The lowest BCUT2D eigenvalue weighted by Gasteiger charge is -2.37. The summed E-state index contributed by atoms with van der Waals surface area (Å²) in [7, 11) is 0. The fraction of sp³-hybridized carbons (Fsp3) is 0.333. The second-order valence-corrected chi connectivity index (χ2v) is 7.66. The van der Waals surface area contributed by atoms with Crippen molar-refractivity contribution in [2.45, 2.75) is 6.42 Å². The van der Waals surface area contributed by atoms with Crippen molar-refractivity contribution < 1.29 is 9.59 Å². The fourth-order valence-electron chi connectivity index (χ4n) is 5.60. The van der Waals surface area contributed by atoms with Crippen LogP contribution in [0.1, 0.15) is 6.42 Å². The molecule has 3 nitrogen and oxygen atoms in total. The zero-order valence-corrected chi connectivity index (χ0v) is 13.1. The monoisotopic (exact) mass is 315 g/mol. The minimum absolute atomic E-state index is 0.0195. The van der Waals surface area contributed by atoms with Crippen LogP contribution in [0.2, 0.25) is 0 Å². The number of carbonyl (C=O) groups is 2. The van der Waals surface area contributed by atoms with Crippen LogP contribution in [0.3, 0.4) is 0 Å². The number of hydrogen-bond donors (Lipinski definition) is 0. The number of carbonyl (C=O) groups excluding carboxylic acids is 2. The van der Waals surface area contributed by atoms with Crippen molar-refractivity contribution in [3.05, 3.63) is 54.6 Å². The van der Waals surface area contributed by atoms with Gasteiger partial charge < -0.3 is 0 Å². The van der Waals surface area contributed by atoms with Gasteiger partial charge in [0, 0.05) is 5.39 Å². The molecular formula is C21H17NO2. The molecule has 2 aromatic carbocycles. The van der Waals surface area contributed by atoms with Crippen molar-refractivity contribution in [2.24, 2.45) is 35.5 Å². The lowest BCUT2D eigenvalue weighted by molar-refractivity contribution is -0.124. The van der Waals surface area contributed by atoms with E-state index >= 15 is 0 Å². The first kappa shape index (κ1) is 12.9. The molecule has 3 heteroatoms. The molecule has 24 heavy (non-hydrogen) atoms. The summed E-state index contributed by atoms with van der Waals surface area (Å²) >= 11 is 0. The highest BCUT2D eigenvalue weighted by atomic mass is 16.2. The normalized spacial score (nSPS) is 38.6. The van der Waals surface area contributed by atoms with E-state index in [1.54, 1.807) is 0 Å². The molecular weight excluding hydrogens is 298 g/mol. The molecule has 1 saturated heterocycles. The van der Waals surface area contributed by atoms with Crippen LogP contribution in [0.4, 0.5) is 5.69 Å². The van der Waals surface area contributed by atoms with E-state index in [-0.39, 0.29) is 35.5 Å². The molecule has 0 radical (unpaired) electrons. The molecule has 3 fully saturated rings. The van der Waals surface area contributed by atoms with Gasteiger partial charge in [0.2, 0.25) is 11.8 Å². The summed E-state index contributed by atoms with van der Waals surface area (Å²) in [5.74, 6) is 1.63. The quantitative estimate of drug-likeness (QED) is 0.597. The number of fused-ring (bicyclic) bond motifs is 1. The van der Waals surface area contributed by atoms with Gasteiger partial charge in [-0.1, -0.05) is 48.6 Å². The lowest BCUT2D eigenvalue weighted by Crippen LogP contribution is -2.40. The predicted molar refractivity (Wildman–Crippen MR) is 91.1 cm³/mol. The summed E-state index contributed by atoms with van der Waals surface area (Å²) in [5, 5.41) is 2.04. The van der Waals surface area contributed by atoms with Crippen LogP contribution in [-0.2, 0) is 9.59 Å². The highest BCUT2D eigenvalue weighted by Crippen LogP contribution is 2.65. The molecule has 2 saturated carbocycles. The Hall–Kier alpha value is -2.42. The van der Waals surface area contributed by atoms with Crippen LogP contribution in [0.25, 0.3) is 10.8 Å². The highest BCUT2D eigenvalue weighted by molar-refractivity contribution is 6.25. The SMILES string of the molecule is O=C1[C@@H]2[C@@H]3C=C[C@H]([C@@H]4C[C@H]34)[C@@H]2C(=O)N1c1cccc2ccccc12. The van der Waals surface area contributed by atoms with Crippen molar-refractivity contribution in [3.63, 3.8) is 0 Å². The number of allylic oxidation sites excluding steroid dienone is 2. The summed E-state index contributed by atoms with van der Waals surface area (Å²) in [4.78, 5) is 27.9. The summed E-state index contributed by atoms with van der Waals surface area (Å²) in [6.45, 7) is 0. The van der Waals surface area contributed by atoms with E-state index in [0.29, 0.717) is 11.8 Å². The van der Waals surface area contributed by atoms with Crippen LogP contribution >= 0.6 is 0 Å². The topological polar surface area (TPSA) is 37.4 Å². The summed E-state index contributed by atoms with van der Waals surface area (Å²) in [6, 6.07) is 13.8. The van der Waals surface area contributed by atoms with Crippen molar-refractivity contribution >= 4 is 28.3 Å². The average Bonchev–Trinajstić information content (AvgIpc) is 3.39. The van der Waals surface area contributed by atoms with Gasteiger partial charge >= 0.3 is 0 Å². The minimum Gasteiger partial charge on any atom is -0.274 e. The van der Waals surface area contributed by atoms with Crippen LogP contribution in [0.15, 0.2) is 54.6 Å². The Bertz CT molecular complexity index is 905. The maximum atomic E-state index is 13.2. The molecule has 118 valence electrons. The van der Waals surface area contributed by atoms with Crippen molar-refractivity contribution in [1.82, 2.24) is 0 Å². The zero-order chi connectivity index (χ0) is 16.0. The Kier molecular flexibility index (Phi) is 2.24. The molecule has 6 atom stereocenters. The molecule has 2 aromatic rings. The van der Waals surface area contributed by atoms with Gasteiger partial charge in [-0.05, 0) is 41.5 Å². The first-order valence-electron chi connectivity index (χ1n) is 8.79. The molecule has 5 aliphatic rings. The van der Waals surface area contributed by atoms with Gasteiger partial charge in [-0.25, -0.2) is 4.90 Å². The number of imide groups is 1. The Balaban J connectivity index is 1.52. The molecule has 0 spiro atoms. The van der Waals surface area contributed by atoms with E-state index in [1.165, 1.54) is 11.3 Å². The van der Waals surface area contributed by atoms with E-state index in [1.807, 2.05) is 42.5 Å². The largest absolute Gasteiger partial charge is 0.274 e. The minimum atomic E-state index is -0.129. The van der Waals surface area contributed by atoms with Crippen LogP contribution < -0.4 is 4.90 Å². The zero-order valence-electron chi connectivity index (χ0n) is 13.1. The molecule has 0 aromatic heterocycles. The second-order valence-electron chi connectivity index (χ2n) is 7.66. The maximum Gasteiger partial charge on any atom is 0.238 e. The third-order valence-electron chi connectivity index (χ3n) is 6.67. The first-order valence-corrected chi connectivity index (χ1v) is 8.79. The van der Waals surface area contributed by atoms with Gasteiger partial charge in [0.05, 0.1) is 17.5 Å². The fourth-order valence-corrected chi connectivity index (χ4v) is 5.60. The van der Waals surface area contributed by atoms with E-state index in [2.05, 4.69) is 12.2 Å². The van der Waals surface area contributed by atoms with Crippen molar-refractivity contribution in [1.29, 1.82) is 0 Å². The number of benzene rings is 2. The van der Waals surface area contributed by atoms with Gasteiger partial charge in [0.15, 0.2) is 0 Å². The number of rotatable bonds is 1. The average molecular weight is 315 g/mol. The standard InChI is InChI=1S/C21H17NO2/c23-20-18-13-8-9-14(16-10-15(13)16)19(18)21(24)22(20)17-7-3-5-11-4-1-2-6-12(11)17/h1-9,13-16,18-19H,10H2/t13-,14-,15-,16+,18-,19+/m1/s1. The molecule has 4 aliphatic carbocycles. The first-order chi connectivity index (χ1) is 11.8. The van der Waals surface area contributed by atoms with Crippen LogP contribution in [0, 0.1) is 35.5 Å². The highest BCUT2D eigenvalue weighted by Gasteiger charge is 2.67. The molecule has 2 amide bonds. The van der Waals surface area contributed by atoms with Gasteiger partial charge in [0.25, 0.3) is 0 Å². The van der Waals surface area contributed by atoms with Gasteiger partial charge in [0.1, 0.15) is 0 Å². The molecule has 1 aliphatic heterocycles. The van der Waals surface area contributed by atoms with Crippen LogP contribution in [-0.4, -0.2) is 11.8 Å². The number of anilines is 1. The number of hydrogen-bond acceptors (Lipinski definition) is 2.